The lowest BCUT2D eigenvalue weighted by atomic mass is 10.2. The van der Waals surface area contributed by atoms with Crippen LogP contribution >= 0.6 is 15.9 Å². The minimum absolute atomic E-state index is 0.218. The Morgan fingerprint density at radius 3 is 2.81 bits per heavy atom. The Balaban J connectivity index is 1.93. The summed E-state index contributed by atoms with van der Waals surface area (Å²) in [7, 11) is 1.86. The van der Waals surface area contributed by atoms with Crippen LogP contribution in [0, 0.1) is 10.1 Å². The Morgan fingerprint density at radius 2 is 2.14 bits per heavy atom. The number of nitro groups is 1. The summed E-state index contributed by atoms with van der Waals surface area (Å²) in [6.07, 6.45) is 3.06. The molecule has 3 aromatic rings. The van der Waals surface area contributed by atoms with Gasteiger partial charge in [0.2, 0.25) is 0 Å². The van der Waals surface area contributed by atoms with Crippen LogP contribution in [-0.4, -0.2) is 19.7 Å². The van der Waals surface area contributed by atoms with Gasteiger partial charge in [-0.2, -0.15) is 5.10 Å². The Hall–Kier alpha value is -2.48. The number of hydrogen-bond acceptors (Lipinski definition) is 5. The summed E-state index contributed by atoms with van der Waals surface area (Å²) in [5, 5.41) is 15.7. The first kappa shape index (κ1) is 13.5. The third-order valence-electron chi connectivity index (χ3n) is 2.94. The predicted molar refractivity (Wildman–Crippen MR) is 79.4 cm³/mol. The van der Waals surface area contributed by atoms with Crippen molar-refractivity contribution < 1.29 is 9.66 Å². The molecule has 8 heteroatoms. The molecule has 7 nitrogen and oxygen atoms in total. The highest BCUT2D eigenvalue weighted by Crippen LogP contribution is 2.33. The highest BCUT2D eigenvalue weighted by Gasteiger charge is 2.11. The molecule has 21 heavy (non-hydrogen) atoms. The van der Waals surface area contributed by atoms with E-state index in [0.29, 0.717) is 11.5 Å². The van der Waals surface area contributed by atoms with Crippen LogP contribution in [-0.2, 0) is 7.05 Å². The highest BCUT2D eigenvalue weighted by molar-refractivity contribution is 9.10. The molecule has 0 saturated carbocycles. The van der Waals surface area contributed by atoms with Gasteiger partial charge in [-0.15, -0.1) is 0 Å². The molecule has 0 fully saturated rings. The number of halogens is 1. The van der Waals surface area contributed by atoms with Crippen molar-refractivity contribution in [3.63, 3.8) is 0 Å². The zero-order valence-corrected chi connectivity index (χ0v) is 12.4. The number of benzene rings is 1. The third kappa shape index (κ3) is 2.57. The lowest BCUT2D eigenvalue weighted by Crippen LogP contribution is -1.93. The summed E-state index contributed by atoms with van der Waals surface area (Å²) in [5.41, 5.74) is 0.969. The smallest absolute Gasteiger partial charge is 0.363 e. The second kappa shape index (κ2) is 5.13. The number of aryl methyl sites for hydroxylation is 1. The third-order valence-corrected chi connectivity index (χ3v) is 3.56. The number of aromatic nitrogens is 3. The van der Waals surface area contributed by atoms with Gasteiger partial charge in [0, 0.05) is 18.5 Å². The second-order valence-corrected chi connectivity index (χ2v) is 5.18. The van der Waals surface area contributed by atoms with Crippen LogP contribution < -0.4 is 4.74 Å². The molecule has 0 spiro atoms. The number of rotatable bonds is 3. The maximum Gasteiger partial charge on any atom is 0.363 e. The van der Waals surface area contributed by atoms with Crippen LogP contribution in [0.15, 0.2) is 41.1 Å². The molecule has 0 aliphatic carbocycles. The van der Waals surface area contributed by atoms with Crippen molar-refractivity contribution in [2.75, 3.05) is 0 Å². The molecule has 1 aromatic carbocycles. The van der Waals surface area contributed by atoms with Crippen LogP contribution in [0.5, 0.6) is 11.5 Å². The summed E-state index contributed by atoms with van der Waals surface area (Å²) < 4.78 is 8.21. The highest BCUT2D eigenvalue weighted by atomic mass is 79.9. The number of ether oxygens (including phenoxy) is 1. The summed E-state index contributed by atoms with van der Waals surface area (Å²) in [4.78, 5) is 13.7. The van der Waals surface area contributed by atoms with Crippen molar-refractivity contribution in [3.05, 3.63) is 51.2 Å². The second-order valence-electron chi connectivity index (χ2n) is 4.32. The number of pyridine rings is 1. The molecule has 106 valence electrons. The van der Waals surface area contributed by atoms with Crippen molar-refractivity contribution >= 4 is 32.7 Å². The first-order valence-electron chi connectivity index (χ1n) is 5.94. The standard InChI is InChI=1S/C13H9BrN4O3/c1-17-11-5-10(14)12(4-8(11)6-16-17)21-9-2-3-13(15-7-9)18(19)20/h2-7H,1H3. The van der Waals surface area contributed by atoms with Gasteiger partial charge in [-0.05, 0) is 44.0 Å². The van der Waals surface area contributed by atoms with E-state index in [1.165, 1.54) is 18.3 Å². The monoisotopic (exact) mass is 348 g/mol. The van der Waals surface area contributed by atoms with E-state index < -0.39 is 4.92 Å². The molecule has 0 N–H and O–H groups in total. The zero-order valence-electron chi connectivity index (χ0n) is 10.9. The minimum Gasteiger partial charge on any atom is -0.452 e. The molecular weight excluding hydrogens is 340 g/mol. The quantitative estimate of drug-likeness (QED) is 0.534. The molecular formula is C13H9BrN4O3. The molecule has 0 atom stereocenters. The predicted octanol–water partition coefficient (Wildman–Crippen LogP) is 3.43. The molecule has 0 radical (unpaired) electrons. The Labute approximate surface area is 127 Å². The van der Waals surface area contributed by atoms with Gasteiger partial charge in [-0.25, -0.2) is 0 Å². The first-order chi connectivity index (χ1) is 10.0. The Morgan fingerprint density at radius 1 is 1.33 bits per heavy atom. The maximum atomic E-state index is 10.6. The van der Waals surface area contributed by atoms with Crippen molar-refractivity contribution in [3.8, 4) is 11.5 Å². The van der Waals surface area contributed by atoms with Crippen LogP contribution in [0.2, 0.25) is 0 Å². The lowest BCUT2D eigenvalue weighted by Gasteiger charge is -2.07. The minimum atomic E-state index is -0.554. The largest absolute Gasteiger partial charge is 0.452 e. The van der Waals surface area contributed by atoms with Gasteiger partial charge >= 0.3 is 5.82 Å². The van der Waals surface area contributed by atoms with Gasteiger partial charge in [0.25, 0.3) is 0 Å². The number of fused-ring (bicyclic) bond motifs is 1. The first-order valence-corrected chi connectivity index (χ1v) is 6.73. The van der Waals surface area contributed by atoms with E-state index in [4.69, 9.17) is 4.74 Å². The number of hydrogen-bond donors (Lipinski definition) is 0. The topological polar surface area (TPSA) is 83.1 Å². The Bertz CT molecular complexity index is 829. The van der Waals surface area contributed by atoms with E-state index in [1.54, 1.807) is 10.9 Å². The van der Waals surface area contributed by atoms with E-state index in [-0.39, 0.29) is 5.82 Å². The summed E-state index contributed by atoms with van der Waals surface area (Å²) >= 11 is 3.44. The van der Waals surface area contributed by atoms with E-state index >= 15 is 0 Å². The summed E-state index contributed by atoms with van der Waals surface area (Å²) in [6, 6.07) is 6.54. The fraction of sp³-hybridized carbons (Fsp3) is 0.0769. The zero-order chi connectivity index (χ0) is 15.0. The van der Waals surface area contributed by atoms with Gasteiger partial charge in [-0.3, -0.25) is 4.68 Å². The molecule has 0 bridgehead atoms. The Kier molecular flexibility index (Phi) is 3.30. The van der Waals surface area contributed by atoms with Gasteiger partial charge < -0.3 is 14.9 Å². The molecule has 0 amide bonds. The van der Waals surface area contributed by atoms with E-state index in [0.717, 1.165) is 15.4 Å². The van der Waals surface area contributed by atoms with Crippen molar-refractivity contribution in [2.24, 2.45) is 7.05 Å². The van der Waals surface area contributed by atoms with Crippen molar-refractivity contribution in [1.29, 1.82) is 0 Å². The van der Waals surface area contributed by atoms with Gasteiger partial charge in [-0.1, -0.05) is 0 Å². The number of nitrogens with zero attached hydrogens (tertiary/aromatic N) is 4. The summed E-state index contributed by atoms with van der Waals surface area (Å²) in [5.74, 6) is 0.792. The fourth-order valence-corrected chi connectivity index (χ4v) is 2.31. The molecule has 0 unspecified atom stereocenters. The van der Waals surface area contributed by atoms with E-state index in [1.807, 2.05) is 19.2 Å². The van der Waals surface area contributed by atoms with Crippen LogP contribution in [0.1, 0.15) is 0 Å². The molecule has 0 saturated heterocycles. The normalized spacial score (nSPS) is 10.8. The summed E-state index contributed by atoms with van der Waals surface area (Å²) in [6.45, 7) is 0. The van der Waals surface area contributed by atoms with E-state index in [9.17, 15) is 10.1 Å². The van der Waals surface area contributed by atoms with Crippen molar-refractivity contribution in [1.82, 2.24) is 14.8 Å². The average molecular weight is 349 g/mol. The van der Waals surface area contributed by atoms with Crippen LogP contribution in [0.4, 0.5) is 5.82 Å². The van der Waals surface area contributed by atoms with Crippen molar-refractivity contribution in [2.45, 2.75) is 0 Å². The van der Waals surface area contributed by atoms with Crippen LogP contribution in [0.3, 0.4) is 0 Å². The average Bonchev–Trinajstić information content (AvgIpc) is 2.81. The fourth-order valence-electron chi connectivity index (χ4n) is 1.90. The molecule has 0 aliphatic rings. The van der Waals surface area contributed by atoms with Gasteiger partial charge in [0.15, 0.2) is 11.9 Å². The molecule has 3 rings (SSSR count). The van der Waals surface area contributed by atoms with Crippen LogP contribution in [0.25, 0.3) is 10.9 Å². The molecule has 2 heterocycles. The maximum absolute atomic E-state index is 10.6. The van der Waals surface area contributed by atoms with Gasteiger partial charge in [0.1, 0.15) is 5.75 Å². The lowest BCUT2D eigenvalue weighted by molar-refractivity contribution is -0.389. The van der Waals surface area contributed by atoms with E-state index in [2.05, 4.69) is 26.0 Å². The molecule has 0 aliphatic heterocycles. The van der Waals surface area contributed by atoms with Gasteiger partial charge in [0.05, 0.1) is 16.2 Å². The molecule has 2 aromatic heterocycles. The SMILES string of the molecule is Cn1ncc2cc(Oc3ccc([N+](=O)[O-])nc3)c(Br)cc21.